The van der Waals surface area contributed by atoms with E-state index in [1.165, 1.54) is 0 Å². The normalized spacial score (nSPS) is 18.6. The van der Waals surface area contributed by atoms with Crippen molar-refractivity contribution in [2.24, 2.45) is 5.92 Å². The summed E-state index contributed by atoms with van der Waals surface area (Å²) in [6.45, 7) is 6.17. The highest BCUT2D eigenvalue weighted by molar-refractivity contribution is 5.81. The van der Waals surface area contributed by atoms with Crippen LogP contribution >= 0.6 is 0 Å². The van der Waals surface area contributed by atoms with Gasteiger partial charge in [0.2, 0.25) is 11.8 Å². The van der Waals surface area contributed by atoms with Gasteiger partial charge in [-0.1, -0.05) is 6.92 Å². The zero-order valence-corrected chi connectivity index (χ0v) is 13.3. The van der Waals surface area contributed by atoms with Gasteiger partial charge < -0.3 is 20.3 Å². The van der Waals surface area contributed by atoms with Crippen LogP contribution in [-0.4, -0.2) is 63.2 Å². The van der Waals surface area contributed by atoms with E-state index in [1.54, 1.807) is 7.11 Å². The van der Waals surface area contributed by atoms with Crippen LogP contribution < -0.4 is 10.6 Å². The second-order valence-electron chi connectivity index (χ2n) is 5.46. The van der Waals surface area contributed by atoms with E-state index in [9.17, 15) is 9.59 Å². The van der Waals surface area contributed by atoms with Crippen LogP contribution in [0, 0.1) is 5.92 Å². The number of nitrogens with zero attached hydrogens (tertiary/aromatic N) is 1. The molecule has 21 heavy (non-hydrogen) atoms. The fourth-order valence-electron chi connectivity index (χ4n) is 2.51. The van der Waals surface area contributed by atoms with Gasteiger partial charge in [-0.3, -0.25) is 9.59 Å². The first-order chi connectivity index (χ1) is 10.2. The van der Waals surface area contributed by atoms with Crippen molar-refractivity contribution >= 4 is 11.8 Å². The number of amides is 2. The summed E-state index contributed by atoms with van der Waals surface area (Å²) in [5.41, 5.74) is 0. The predicted molar refractivity (Wildman–Crippen MR) is 82.0 cm³/mol. The molecule has 6 nitrogen and oxygen atoms in total. The molecule has 1 aliphatic heterocycles. The number of carbonyl (C=O) groups is 2. The van der Waals surface area contributed by atoms with Gasteiger partial charge in [0.1, 0.15) is 0 Å². The zero-order chi connectivity index (χ0) is 15.5. The Balaban J connectivity index is 2.22. The largest absolute Gasteiger partial charge is 0.383 e. The van der Waals surface area contributed by atoms with Crippen molar-refractivity contribution in [3.8, 4) is 0 Å². The van der Waals surface area contributed by atoms with E-state index >= 15 is 0 Å². The van der Waals surface area contributed by atoms with Gasteiger partial charge in [-0.2, -0.15) is 0 Å². The number of nitrogens with one attached hydrogen (secondary N) is 2. The number of methoxy groups -OCH3 is 1. The Morgan fingerprint density at radius 3 is 2.81 bits per heavy atom. The molecule has 0 spiro atoms. The Kier molecular flexibility index (Phi) is 9.01. The van der Waals surface area contributed by atoms with Crippen LogP contribution in [0.15, 0.2) is 0 Å². The number of hydrogen-bond acceptors (Lipinski definition) is 4. The molecule has 0 radical (unpaired) electrons. The summed E-state index contributed by atoms with van der Waals surface area (Å²) in [5.74, 6) is 0.187. The second-order valence-corrected chi connectivity index (χ2v) is 5.46. The SMILES string of the molecule is CCCC(=O)N1CCCC(C(=O)NCCNCCOC)C1. The van der Waals surface area contributed by atoms with Crippen molar-refractivity contribution in [3.63, 3.8) is 0 Å². The van der Waals surface area contributed by atoms with Gasteiger partial charge in [0.25, 0.3) is 0 Å². The average molecular weight is 299 g/mol. The molecule has 2 N–H and O–H groups in total. The molecule has 0 aromatic rings. The van der Waals surface area contributed by atoms with Gasteiger partial charge in [-0.25, -0.2) is 0 Å². The Bertz CT molecular complexity index is 323. The van der Waals surface area contributed by atoms with Gasteiger partial charge in [0.05, 0.1) is 12.5 Å². The Morgan fingerprint density at radius 2 is 2.10 bits per heavy atom. The van der Waals surface area contributed by atoms with Crippen molar-refractivity contribution in [2.45, 2.75) is 32.6 Å². The summed E-state index contributed by atoms with van der Waals surface area (Å²) < 4.78 is 4.93. The third kappa shape index (κ3) is 6.91. The molecule has 0 aromatic carbocycles. The van der Waals surface area contributed by atoms with E-state index in [0.717, 1.165) is 38.9 Å². The fourth-order valence-corrected chi connectivity index (χ4v) is 2.51. The summed E-state index contributed by atoms with van der Waals surface area (Å²) in [5, 5.41) is 6.12. The minimum atomic E-state index is -0.0569. The van der Waals surface area contributed by atoms with Crippen LogP contribution in [0.2, 0.25) is 0 Å². The molecule has 0 saturated carbocycles. The first kappa shape index (κ1) is 17.9. The van der Waals surface area contributed by atoms with Crippen LogP contribution in [0.4, 0.5) is 0 Å². The minimum absolute atomic E-state index is 0.0569. The molecule has 1 unspecified atom stereocenters. The van der Waals surface area contributed by atoms with Crippen molar-refractivity contribution in [3.05, 3.63) is 0 Å². The van der Waals surface area contributed by atoms with Crippen molar-refractivity contribution in [1.82, 2.24) is 15.5 Å². The Labute approximate surface area is 127 Å². The van der Waals surface area contributed by atoms with Crippen LogP contribution in [0.5, 0.6) is 0 Å². The molecule has 0 aromatic heterocycles. The molecular formula is C15H29N3O3. The monoisotopic (exact) mass is 299 g/mol. The van der Waals surface area contributed by atoms with Crippen LogP contribution in [-0.2, 0) is 14.3 Å². The highest BCUT2D eigenvalue weighted by Crippen LogP contribution is 2.17. The van der Waals surface area contributed by atoms with Crippen LogP contribution in [0.25, 0.3) is 0 Å². The van der Waals surface area contributed by atoms with Gasteiger partial charge in [0.15, 0.2) is 0 Å². The lowest BCUT2D eigenvalue weighted by Crippen LogP contribution is -2.46. The summed E-state index contributed by atoms with van der Waals surface area (Å²) in [7, 11) is 1.66. The second kappa shape index (κ2) is 10.6. The molecule has 1 aliphatic rings. The number of hydrogen-bond donors (Lipinski definition) is 2. The Morgan fingerprint density at radius 1 is 1.29 bits per heavy atom. The molecule has 2 amide bonds. The standard InChI is InChI=1S/C15H29N3O3/c1-3-5-14(19)18-10-4-6-13(12-18)15(20)17-8-7-16-9-11-21-2/h13,16H,3-12H2,1-2H3,(H,17,20). The van der Waals surface area contributed by atoms with E-state index in [1.807, 2.05) is 11.8 Å². The van der Waals surface area contributed by atoms with Crippen LogP contribution in [0.3, 0.4) is 0 Å². The maximum atomic E-state index is 12.1. The molecule has 1 atom stereocenters. The van der Waals surface area contributed by atoms with Gasteiger partial charge in [0, 0.05) is 46.3 Å². The van der Waals surface area contributed by atoms with E-state index in [4.69, 9.17) is 4.74 Å². The predicted octanol–water partition coefficient (Wildman–Crippen LogP) is 0.377. The quantitative estimate of drug-likeness (QED) is 0.604. The van der Waals surface area contributed by atoms with Crippen molar-refractivity contribution in [1.29, 1.82) is 0 Å². The minimum Gasteiger partial charge on any atom is -0.383 e. The molecule has 1 fully saturated rings. The summed E-state index contributed by atoms with van der Waals surface area (Å²) in [6.07, 6.45) is 3.23. The number of carbonyl (C=O) groups excluding carboxylic acids is 2. The van der Waals surface area contributed by atoms with Gasteiger partial charge in [-0.05, 0) is 19.3 Å². The van der Waals surface area contributed by atoms with E-state index in [0.29, 0.717) is 26.1 Å². The van der Waals surface area contributed by atoms with E-state index in [-0.39, 0.29) is 17.7 Å². The molecule has 1 saturated heterocycles. The highest BCUT2D eigenvalue weighted by atomic mass is 16.5. The zero-order valence-electron chi connectivity index (χ0n) is 13.3. The lowest BCUT2D eigenvalue weighted by molar-refractivity contribution is -0.135. The lowest BCUT2D eigenvalue weighted by Gasteiger charge is -2.32. The molecule has 1 heterocycles. The Hall–Kier alpha value is -1.14. The average Bonchev–Trinajstić information content (AvgIpc) is 2.51. The highest BCUT2D eigenvalue weighted by Gasteiger charge is 2.27. The molecule has 122 valence electrons. The number of likely N-dealkylation sites (tertiary alicyclic amines) is 1. The topological polar surface area (TPSA) is 70.7 Å². The summed E-state index contributed by atoms with van der Waals surface area (Å²) in [4.78, 5) is 25.9. The summed E-state index contributed by atoms with van der Waals surface area (Å²) >= 11 is 0. The number of rotatable bonds is 9. The third-order valence-corrected chi connectivity index (χ3v) is 3.69. The smallest absolute Gasteiger partial charge is 0.224 e. The third-order valence-electron chi connectivity index (χ3n) is 3.69. The molecule has 0 aliphatic carbocycles. The fraction of sp³-hybridized carbons (Fsp3) is 0.867. The van der Waals surface area contributed by atoms with Crippen molar-refractivity contribution in [2.75, 3.05) is 46.4 Å². The first-order valence-electron chi connectivity index (χ1n) is 7.94. The maximum absolute atomic E-state index is 12.1. The number of ether oxygens (including phenoxy) is 1. The van der Waals surface area contributed by atoms with Crippen LogP contribution in [0.1, 0.15) is 32.6 Å². The van der Waals surface area contributed by atoms with Crippen molar-refractivity contribution < 1.29 is 14.3 Å². The first-order valence-corrected chi connectivity index (χ1v) is 7.94. The van der Waals surface area contributed by atoms with Gasteiger partial charge >= 0.3 is 0 Å². The summed E-state index contributed by atoms with van der Waals surface area (Å²) in [6, 6.07) is 0. The van der Waals surface area contributed by atoms with Gasteiger partial charge in [-0.15, -0.1) is 0 Å². The maximum Gasteiger partial charge on any atom is 0.224 e. The molecule has 6 heteroatoms. The molecular weight excluding hydrogens is 270 g/mol. The van der Waals surface area contributed by atoms with E-state index in [2.05, 4.69) is 10.6 Å². The number of piperidine rings is 1. The lowest BCUT2D eigenvalue weighted by atomic mass is 9.97. The molecule has 1 rings (SSSR count). The van der Waals surface area contributed by atoms with E-state index < -0.39 is 0 Å². The molecule has 0 bridgehead atoms.